The number of nitrogens with one attached hydrogen (secondary N) is 12. The van der Waals surface area contributed by atoms with Crippen LogP contribution in [-0.4, -0.2) is 231 Å². The maximum atomic E-state index is 10.9. The highest BCUT2D eigenvalue weighted by atomic mass is 127. The van der Waals surface area contributed by atoms with Crippen molar-refractivity contribution >= 4 is 22.6 Å². The molecule has 28 N–H and O–H groups in total. The van der Waals surface area contributed by atoms with Crippen LogP contribution in [0.1, 0.15) is 117 Å². The van der Waals surface area contributed by atoms with Crippen LogP contribution in [-0.2, 0) is 0 Å². The number of hydrogen-bond acceptors (Lipinski definition) is 26. The average molecular weight is 1160 g/mol. The number of rotatable bonds is 54. The smallest absolute Gasteiger partial charge is 0.152 e. The van der Waals surface area contributed by atoms with Crippen LogP contribution in [0.5, 0.6) is 0 Å². The Kier molecular flexibility index (Phi) is 47.7. The Morgan fingerprint density at radius 1 is 0.319 bits per heavy atom. The number of nitrogens with two attached hydrogens (primary N) is 2. The van der Waals surface area contributed by atoms with Crippen LogP contribution in [0.2, 0.25) is 0 Å². The van der Waals surface area contributed by atoms with Gasteiger partial charge in [0.25, 0.3) is 0 Å². The summed E-state index contributed by atoms with van der Waals surface area (Å²) in [6.45, 7) is 8.80. The summed E-state index contributed by atoms with van der Waals surface area (Å²) < 4.78 is 0.185. The van der Waals surface area contributed by atoms with Gasteiger partial charge in [-0.3, -0.25) is 58.5 Å². The van der Waals surface area contributed by atoms with Crippen LogP contribution in [0, 0.1) is 0 Å². The Morgan fingerprint density at radius 2 is 0.597 bits per heavy atom. The van der Waals surface area contributed by atoms with Gasteiger partial charge >= 0.3 is 0 Å². The molecule has 0 aliphatic heterocycles. The fourth-order valence-electron chi connectivity index (χ4n) is 7.39. The summed E-state index contributed by atoms with van der Waals surface area (Å²) in [5.74, 6) is 0. The summed E-state index contributed by atoms with van der Waals surface area (Å²) in [6.07, 6.45) is -1.97. The van der Waals surface area contributed by atoms with Crippen LogP contribution in [0.15, 0.2) is 0 Å². The van der Waals surface area contributed by atoms with Gasteiger partial charge in [0.05, 0.1) is 4.05 Å². The van der Waals surface area contributed by atoms with E-state index in [9.17, 15) is 51.1 Å². The Hall–Kier alpha value is -0.310. The molecule has 14 unspecified atom stereocenters. The molecule has 0 saturated carbocycles. The van der Waals surface area contributed by atoms with E-state index in [1.54, 1.807) is 0 Å². The summed E-state index contributed by atoms with van der Waals surface area (Å²) in [6, 6.07) is -0.518. The van der Waals surface area contributed by atoms with Crippen LogP contribution in [0.25, 0.3) is 0 Å². The second kappa shape index (κ2) is 47.9. The van der Waals surface area contributed by atoms with Crippen molar-refractivity contribution in [3.63, 3.8) is 0 Å². The standard InChI is InChI=1S/C45H105IN14O12/c1-31(49-22-10-35(61)51-26-14-39(65)56-30-18-43(69)70)9-21-50-40(66)15-29-58-45(72)34(8-4-6-20-48)60-42(68)17-27-55-38(64)13-24-53-36(62)11-23-52-37(63)12-25-54-41(67)16-28-57-44(71)33(59-32(2)46)7-3-5-19-47/h31-45,49-72H,3-30,47-48H2,1-2H3. The first-order valence-corrected chi connectivity index (χ1v) is 27.7. The number of aliphatic hydroxyl groups is 12. The maximum Gasteiger partial charge on any atom is 0.152 e. The molecule has 0 aliphatic rings. The van der Waals surface area contributed by atoms with Gasteiger partial charge < -0.3 is 78.1 Å². The number of halogens is 1. The van der Waals surface area contributed by atoms with Crippen molar-refractivity contribution < 1.29 is 61.3 Å². The largest absolute Gasteiger partial charge is 0.379 e. The molecular weight excluding hydrogens is 1060 g/mol. The third kappa shape index (κ3) is 44.8. The van der Waals surface area contributed by atoms with E-state index in [0.29, 0.717) is 110 Å². The number of hydrogen-bond donors (Lipinski definition) is 26. The summed E-state index contributed by atoms with van der Waals surface area (Å²) >= 11 is 2.25. The molecule has 0 heterocycles. The van der Waals surface area contributed by atoms with Gasteiger partial charge in [0, 0.05) is 76.9 Å². The van der Waals surface area contributed by atoms with Gasteiger partial charge in [-0.15, -0.1) is 0 Å². The van der Waals surface area contributed by atoms with Crippen LogP contribution >= 0.6 is 22.6 Å². The Bertz CT molecular complexity index is 1190. The van der Waals surface area contributed by atoms with E-state index in [0.717, 1.165) is 38.5 Å². The highest BCUT2D eigenvalue weighted by Crippen LogP contribution is 2.09. The first kappa shape index (κ1) is 71.7. The zero-order chi connectivity index (χ0) is 53.9. The molecule has 0 spiro atoms. The molecule has 26 nitrogen and oxygen atoms in total. The highest BCUT2D eigenvalue weighted by molar-refractivity contribution is 14.1. The number of unbranched alkanes of at least 4 members (excludes halogenated alkanes) is 2. The van der Waals surface area contributed by atoms with Crippen LogP contribution < -0.4 is 75.3 Å². The van der Waals surface area contributed by atoms with E-state index in [-0.39, 0.29) is 48.5 Å². The SMILES string of the molecule is CC(I)NC(CCCCN)C(O)NCCC(O)NCCC(O)NCCC(O)NCCC(O)NCCC(O)NC(CCCCN)C(O)NCCC(O)NCCC(C)NCCC(O)NCCC(O)NCCC(O)O. The van der Waals surface area contributed by atoms with Crippen molar-refractivity contribution in [3.8, 4) is 0 Å². The van der Waals surface area contributed by atoms with Crippen molar-refractivity contribution in [2.24, 2.45) is 11.5 Å². The summed E-state index contributed by atoms with van der Waals surface area (Å²) in [7, 11) is 0. The topological polar surface area (TPSA) is 439 Å². The molecule has 14 atom stereocenters. The van der Waals surface area contributed by atoms with Gasteiger partial charge in [0.1, 0.15) is 62.3 Å². The predicted molar refractivity (Wildman–Crippen MR) is 287 cm³/mol. The Morgan fingerprint density at radius 3 is 0.917 bits per heavy atom. The lowest BCUT2D eigenvalue weighted by Crippen LogP contribution is -2.52. The van der Waals surface area contributed by atoms with Crippen LogP contribution in [0.3, 0.4) is 0 Å². The van der Waals surface area contributed by atoms with E-state index in [2.05, 4.69) is 86.4 Å². The third-order valence-corrected chi connectivity index (χ3v) is 12.1. The molecule has 27 heteroatoms. The molecule has 72 heavy (non-hydrogen) atoms. The van der Waals surface area contributed by atoms with Gasteiger partial charge in [-0.1, -0.05) is 35.4 Å². The normalized spacial score (nSPS) is 18.2. The molecule has 434 valence electrons. The van der Waals surface area contributed by atoms with Gasteiger partial charge in [-0.05, 0) is 123 Å². The Balaban J connectivity index is 4.24. The lowest BCUT2D eigenvalue weighted by atomic mass is 10.1. The van der Waals surface area contributed by atoms with Crippen molar-refractivity contribution in [3.05, 3.63) is 0 Å². The minimum atomic E-state index is -1.43. The second-order valence-corrected chi connectivity index (χ2v) is 20.4. The summed E-state index contributed by atoms with van der Waals surface area (Å²) in [5.41, 5.74) is 11.3. The quantitative estimate of drug-likeness (QED) is 0.00885. The first-order valence-electron chi connectivity index (χ1n) is 26.4. The number of aliphatic hydroxyl groups excluding tert-OH is 11. The van der Waals surface area contributed by atoms with E-state index in [1.807, 2.05) is 13.8 Å². The van der Waals surface area contributed by atoms with E-state index >= 15 is 0 Å². The van der Waals surface area contributed by atoms with Gasteiger partial charge in [0.2, 0.25) is 0 Å². The average Bonchev–Trinajstić information content (AvgIpc) is 3.30. The molecule has 0 rings (SSSR count). The third-order valence-electron chi connectivity index (χ3n) is 11.7. The van der Waals surface area contributed by atoms with Crippen molar-refractivity contribution in [2.75, 3.05) is 78.5 Å². The van der Waals surface area contributed by atoms with Crippen molar-refractivity contribution in [1.82, 2.24) is 63.8 Å². The predicted octanol–water partition coefficient (Wildman–Crippen LogP) is -6.38. The summed E-state index contributed by atoms with van der Waals surface area (Å²) in [4.78, 5) is 0. The van der Waals surface area contributed by atoms with Gasteiger partial charge in [-0.2, -0.15) is 0 Å². The van der Waals surface area contributed by atoms with Gasteiger partial charge in [-0.25, -0.2) is 0 Å². The maximum absolute atomic E-state index is 10.9. The van der Waals surface area contributed by atoms with E-state index in [4.69, 9.17) is 21.7 Å². The van der Waals surface area contributed by atoms with E-state index < -0.39 is 74.6 Å². The molecule has 0 amide bonds. The van der Waals surface area contributed by atoms with Crippen molar-refractivity contribution in [1.29, 1.82) is 0 Å². The lowest BCUT2D eigenvalue weighted by Gasteiger charge is -2.28. The van der Waals surface area contributed by atoms with E-state index in [1.165, 1.54) is 0 Å². The molecule has 0 aromatic carbocycles. The monoisotopic (exact) mass is 1160 g/mol. The molecule has 0 bridgehead atoms. The fourth-order valence-corrected chi connectivity index (χ4v) is 7.85. The van der Waals surface area contributed by atoms with Gasteiger partial charge in [0.15, 0.2) is 6.29 Å². The zero-order valence-electron chi connectivity index (χ0n) is 43.4. The molecule has 0 saturated heterocycles. The second-order valence-electron chi connectivity index (χ2n) is 18.6. The minimum absolute atomic E-state index is 0.108. The highest BCUT2D eigenvalue weighted by Gasteiger charge is 2.23. The first-order chi connectivity index (χ1) is 34.4. The molecule has 0 aromatic heterocycles. The Labute approximate surface area is 443 Å². The lowest BCUT2D eigenvalue weighted by molar-refractivity contribution is -0.0465. The zero-order valence-corrected chi connectivity index (χ0v) is 45.5. The molecule has 0 aliphatic carbocycles. The minimum Gasteiger partial charge on any atom is -0.379 e. The van der Waals surface area contributed by atoms with Crippen LogP contribution in [0.4, 0.5) is 0 Å². The fraction of sp³-hybridized carbons (Fsp3) is 1.00. The molecule has 0 radical (unpaired) electrons. The van der Waals surface area contributed by atoms with Crippen molar-refractivity contribution in [2.45, 2.75) is 207 Å². The summed E-state index contributed by atoms with van der Waals surface area (Å²) in [5, 5.41) is 158. The molecule has 0 fully saturated rings. The number of alkyl halides is 1. The molecule has 0 aromatic rings. The molecular formula is C45H105IN14O12.